The van der Waals surface area contributed by atoms with Crippen molar-refractivity contribution in [2.24, 2.45) is 5.73 Å². The van der Waals surface area contributed by atoms with Crippen LogP contribution in [0, 0.1) is 0 Å². The maximum atomic E-state index is 12.9. The Hall–Kier alpha value is -1.99. The molecule has 0 unspecified atom stereocenters. The molecule has 7 heteroatoms. The average Bonchev–Trinajstić information content (AvgIpc) is 2.86. The molecule has 0 fully saturated rings. The van der Waals surface area contributed by atoms with E-state index in [9.17, 15) is 13.2 Å². The van der Waals surface area contributed by atoms with Crippen LogP contribution in [-0.4, -0.2) is 18.2 Å². The lowest BCUT2D eigenvalue weighted by Crippen LogP contribution is -2.41. The summed E-state index contributed by atoms with van der Waals surface area (Å²) in [5.74, 6) is 0. The SMILES string of the molecule is NCCCNN1C=CC(=Cc2ccccc2C(F)(F)F)N1. The highest BCUT2D eigenvalue weighted by atomic mass is 19.4. The van der Waals surface area contributed by atoms with Crippen molar-refractivity contribution in [1.29, 1.82) is 0 Å². The van der Waals surface area contributed by atoms with E-state index in [1.165, 1.54) is 18.2 Å². The number of benzene rings is 1. The van der Waals surface area contributed by atoms with Gasteiger partial charge in [0.15, 0.2) is 0 Å². The number of hydrogen-bond donors (Lipinski definition) is 3. The van der Waals surface area contributed by atoms with Gasteiger partial charge in [-0.1, -0.05) is 18.2 Å². The molecular weight excluding hydrogens is 281 g/mol. The molecule has 0 bridgehead atoms. The third-order valence-electron chi connectivity index (χ3n) is 2.89. The van der Waals surface area contributed by atoms with Crippen molar-refractivity contribution in [3.63, 3.8) is 0 Å². The van der Waals surface area contributed by atoms with Gasteiger partial charge >= 0.3 is 6.18 Å². The van der Waals surface area contributed by atoms with E-state index in [4.69, 9.17) is 5.73 Å². The number of nitrogens with zero attached hydrogens (tertiary/aromatic N) is 1. The number of nitrogens with one attached hydrogen (secondary N) is 2. The van der Waals surface area contributed by atoms with Gasteiger partial charge in [0.25, 0.3) is 0 Å². The summed E-state index contributed by atoms with van der Waals surface area (Å²) in [5.41, 5.74) is 11.4. The topological polar surface area (TPSA) is 53.3 Å². The van der Waals surface area contributed by atoms with Crippen molar-refractivity contribution in [1.82, 2.24) is 16.0 Å². The predicted molar refractivity (Wildman–Crippen MR) is 75.2 cm³/mol. The zero-order chi connectivity index (χ0) is 15.3. The van der Waals surface area contributed by atoms with E-state index in [0.29, 0.717) is 18.8 Å². The number of allylic oxidation sites excluding steroid dienone is 1. The zero-order valence-electron chi connectivity index (χ0n) is 11.3. The van der Waals surface area contributed by atoms with Crippen LogP contribution in [0.2, 0.25) is 0 Å². The average molecular weight is 298 g/mol. The number of rotatable bonds is 5. The molecule has 1 aliphatic rings. The molecule has 0 radical (unpaired) electrons. The maximum absolute atomic E-state index is 12.9. The van der Waals surface area contributed by atoms with E-state index < -0.39 is 11.7 Å². The largest absolute Gasteiger partial charge is 0.416 e. The Balaban J connectivity index is 2.07. The highest BCUT2D eigenvalue weighted by molar-refractivity contribution is 5.59. The second-order valence-corrected chi connectivity index (χ2v) is 4.53. The second-order valence-electron chi connectivity index (χ2n) is 4.53. The summed E-state index contributed by atoms with van der Waals surface area (Å²) in [4.78, 5) is 0. The van der Waals surface area contributed by atoms with Gasteiger partial charge in [-0.05, 0) is 36.7 Å². The minimum absolute atomic E-state index is 0.126. The van der Waals surface area contributed by atoms with Crippen molar-refractivity contribution >= 4 is 6.08 Å². The molecule has 0 atom stereocenters. The summed E-state index contributed by atoms with van der Waals surface area (Å²) < 4.78 is 38.7. The number of hydrogen-bond acceptors (Lipinski definition) is 4. The van der Waals surface area contributed by atoms with Gasteiger partial charge in [0.05, 0.1) is 11.3 Å². The van der Waals surface area contributed by atoms with E-state index in [0.717, 1.165) is 12.5 Å². The lowest BCUT2D eigenvalue weighted by Gasteiger charge is -2.18. The van der Waals surface area contributed by atoms with E-state index >= 15 is 0 Å². The fraction of sp³-hybridized carbons (Fsp3) is 0.286. The predicted octanol–water partition coefficient (Wildman–Crippen LogP) is 2.23. The molecule has 0 saturated heterocycles. The smallest absolute Gasteiger partial charge is 0.330 e. The minimum Gasteiger partial charge on any atom is -0.330 e. The molecule has 4 nitrogen and oxygen atoms in total. The fourth-order valence-corrected chi connectivity index (χ4v) is 1.89. The Labute approximate surface area is 121 Å². The van der Waals surface area contributed by atoms with Crippen LogP contribution in [-0.2, 0) is 6.18 Å². The van der Waals surface area contributed by atoms with Crippen LogP contribution in [0.15, 0.2) is 42.2 Å². The van der Waals surface area contributed by atoms with Gasteiger partial charge in [0, 0.05) is 12.7 Å². The molecule has 0 amide bonds. The van der Waals surface area contributed by atoms with Gasteiger partial charge in [-0.3, -0.25) is 5.43 Å². The van der Waals surface area contributed by atoms with Crippen LogP contribution in [0.25, 0.3) is 6.08 Å². The molecule has 1 heterocycles. The second kappa shape index (κ2) is 6.64. The summed E-state index contributed by atoms with van der Waals surface area (Å²) in [6.07, 6.45) is 1.31. The Kier molecular flexibility index (Phi) is 4.87. The van der Waals surface area contributed by atoms with Crippen molar-refractivity contribution in [3.8, 4) is 0 Å². The Morgan fingerprint density at radius 2 is 2.05 bits per heavy atom. The molecule has 2 rings (SSSR count). The van der Waals surface area contributed by atoms with E-state index in [2.05, 4.69) is 10.9 Å². The number of nitrogens with two attached hydrogens (primary N) is 1. The van der Waals surface area contributed by atoms with Crippen LogP contribution in [0.5, 0.6) is 0 Å². The van der Waals surface area contributed by atoms with Crippen molar-refractivity contribution in [2.75, 3.05) is 13.1 Å². The minimum atomic E-state index is -4.37. The molecule has 114 valence electrons. The monoisotopic (exact) mass is 298 g/mol. The van der Waals surface area contributed by atoms with Gasteiger partial charge in [0.1, 0.15) is 0 Å². The molecular formula is C14H17F3N4. The van der Waals surface area contributed by atoms with Crippen molar-refractivity contribution in [3.05, 3.63) is 53.4 Å². The molecule has 0 aliphatic carbocycles. The Morgan fingerprint density at radius 1 is 1.29 bits per heavy atom. The molecule has 21 heavy (non-hydrogen) atoms. The van der Waals surface area contributed by atoms with Crippen LogP contribution in [0.1, 0.15) is 17.5 Å². The Morgan fingerprint density at radius 3 is 2.76 bits per heavy atom. The molecule has 0 aromatic heterocycles. The lowest BCUT2D eigenvalue weighted by molar-refractivity contribution is -0.137. The quantitative estimate of drug-likeness (QED) is 0.730. The highest BCUT2D eigenvalue weighted by Gasteiger charge is 2.32. The number of hydrazine groups is 2. The number of alkyl halides is 3. The molecule has 0 spiro atoms. The first-order chi connectivity index (χ1) is 10.0. The van der Waals surface area contributed by atoms with E-state index in [1.807, 2.05) is 0 Å². The molecule has 1 aromatic carbocycles. The first-order valence-electron chi connectivity index (χ1n) is 6.56. The van der Waals surface area contributed by atoms with Gasteiger partial charge < -0.3 is 5.73 Å². The summed E-state index contributed by atoms with van der Waals surface area (Å²) in [6, 6.07) is 5.47. The molecule has 0 saturated carbocycles. The molecule has 1 aromatic rings. The standard InChI is InChI=1S/C14H17F3N4/c15-14(16,17)13-5-2-1-4-11(13)10-12-6-9-21(20-12)19-8-3-7-18/h1-2,4-6,9-10,19-20H,3,7-8,18H2. The number of halogens is 3. The normalized spacial score (nSPS) is 16.6. The first-order valence-corrected chi connectivity index (χ1v) is 6.56. The fourth-order valence-electron chi connectivity index (χ4n) is 1.89. The summed E-state index contributed by atoms with van der Waals surface area (Å²) >= 11 is 0. The third kappa shape index (κ3) is 4.24. The van der Waals surface area contributed by atoms with Gasteiger partial charge in [-0.15, -0.1) is 0 Å². The zero-order valence-corrected chi connectivity index (χ0v) is 11.3. The summed E-state index contributed by atoms with van der Waals surface area (Å²) in [6.45, 7) is 1.26. The van der Waals surface area contributed by atoms with Crippen LogP contribution < -0.4 is 16.6 Å². The van der Waals surface area contributed by atoms with Crippen molar-refractivity contribution in [2.45, 2.75) is 12.6 Å². The maximum Gasteiger partial charge on any atom is 0.416 e. The van der Waals surface area contributed by atoms with Gasteiger partial charge in [-0.2, -0.15) is 13.2 Å². The summed E-state index contributed by atoms with van der Waals surface area (Å²) in [5, 5.41) is 1.59. The van der Waals surface area contributed by atoms with Crippen LogP contribution >= 0.6 is 0 Å². The highest BCUT2D eigenvalue weighted by Crippen LogP contribution is 2.32. The Bertz CT molecular complexity index is 537. The van der Waals surface area contributed by atoms with Gasteiger partial charge in [0.2, 0.25) is 0 Å². The summed E-state index contributed by atoms with van der Waals surface area (Å²) in [7, 11) is 0. The van der Waals surface area contributed by atoms with Crippen molar-refractivity contribution < 1.29 is 13.2 Å². The van der Waals surface area contributed by atoms with Crippen LogP contribution in [0.4, 0.5) is 13.2 Å². The molecule has 1 aliphatic heterocycles. The lowest BCUT2D eigenvalue weighted by atomic mass is 10.1. The third-order valence-corrected chi connectivity index (χ3v) is 2.89. The molecule has 4 N–H and O–H groups in total. The van der Waals surface area contributed by atoms with Gasteiger partial charge in [-0.25, -0.2) is 10.5 Å². The first kappa shape index (κ1) is 15.4. The van der Waals surface area contributed by atoms with E-state index in [1.54, 1.807) is 23.5 Å². The van der Waals surface area contributed by atoms with Crippen LogP contribution in [0.3, 0.4) is 0 Å². The van der Waals surface area contributed by atoms with E-state index in [-0.39, 0.29) is 5.56 Å².